The highest BCUT2D eigenvalue weighted by atomic mass is 16.5. The Morgan fingerprint density at radius 3 is 2.58 bits per heavy atom. The first-order valence-corrected chi connectivity index (χ1v) is 8.59. The summed E-state index contributed by atoms with van der Waals surface area (Å²) in [5, 5.41) is 29.6. The number of nitrogens with two attached hydrogens (primary N) is 1. The van der Waals surface area contributed by atoms with Crippen molar-refractivity contribution >= 4 is 0 Å². The minimum absolute atomic E-state index is 0.0647. The Bertz CT molecular complexity index is 909. The largest absolute Gasteiger partial charge is 0.497 e. The zero-order valence-corrected chi connectivity index (χ0v) is 14.9. The number of methoxy groups -OCH3 is 1. The molecule has 0 aromatic heterocycles. The zero-order chi connectivity index (χ0) is 18.9. The van der Waals surface area contributed by atoms with Crippen LogP contribution >= 0.6 is 0 Å². The van der Waals surface area contributed by atoms with Gasteiger partial charge in [-0.1, -0.05) is 25.1 Å². The summed E-state index contributed by atoms with van der Waals surface area (Å²) in [6.07, 6.45) is 3.72. The molecule has 0 fully saturated rings. The number of rotatable bonds is 2. The van der Waals surface area contributed by atoms with E-state index in [-0.39, 0.29) is 11.6 Å². The summed E-state index contributed by atoms with van der Waals surface area (Å²) >= 11 is 0. The normalized spacial score (nSPS) is 26.6. The lowest BCUT2D eigenvalue weighted by Gasteiger charge is -2.44. The van der Waals surface area contributed by atoms with Crippen LogP contribution in [0.15, 0.2) is 47.2 Å². The number of allylic oxidation sites excluding steroid dienone is 4. The summed E-state index contributed by atoms with van der Waals surface area (Å²) in [5.74, 6) is 0.521. The van der Waals surface area contributed by atoms with Crippen molar-refractivity contribution in [2.75, 3.05) is 7.11 Å². The number of ether oxygens (including phenoxy) is 1. The average Bonchev–Trinajstić information content (AvgIpc) is 2.67. The number of fused-ring (bicyclic) bond motifs is 1. The van der Waals surface area contributed by atoms with E-state index in [0.717, 1.165) is 24.0 Å². The second-order valence-electron chi connectivity index (χ2n) is 7.03. The van der Waals surface area contributed by atoms with Gasteiger partial charge >= 0.3 is 0 Å². The van der Waals surface area contributed by atoms with Gasteiger partial charge in [0.15, 0.2) is 5.41 Å². The Balaban J connectivity index is 2.32. The monoisotopic (exact) mass is 344 g/mol. The van der Waals surface area contributed by atoms with Gasteiger partial charge < -0.3 is 10.5 Å². The third kappa shape index (κ3) is 2.43. The number of benzene rings is 1. The first kappa shape index (κ1) is 17.6. The van der Waals surface area contributed by atoms with Gasteiger partial charge in [0.05, 0.1) is 30.5 Å². The molecule has 5 nitrogen and oxygen atoms in total. The predicted octanol–water partition coefficient (Wildman–Crippen LogP) is 3.53. The van der Waals surface area contributed by atoms with Gasteiger partial charge in [-0.15, -0.1) is 0 Å². The summed E-state index contributed by atoms with van der Waals surface area (Å²) in [6.45, 7) is 2.14. The van der Waals surface area contributed by atoms with Gasteiger partial charge in [-0.3, -0.25) is 0 Å². The van der Waals surface area contributed by atoms with Crippen LogP contribution in [0.25, 0.3) is 0 Å². The summed E-state index contributed by atoms with van der Waals surface area (Å²) in [7, 11) is 1.58. The molecular weight excluding hydrogens is 324 g/mol. The Hall–Kier alpha value is -3.23. The molecule has 0 amide bonds. The summed E-state index contributed by atoms with van der Waals surface area (Å²) in [4.78, 5) is 0. The van der Waals surface area contributed by atoms with Gasteiger partial charge in [0, 0.05) is 5.92 Å². The Morgan fingerprint density at radius 2 is 1.96 bits per heavy atom. The lowest BCUT2D eigenvalue weighted by atomic mass is 9.56. The van der Waals surface area contributed by atoms with E-state index in [1.165, 1.54) is 0 Å². The van der Waals surface area contributed by atoms with Crippen LogP contribution in [0.1, 0.15) is 31.2 Å². The second-order valence-corrected chi connectivity index (χ2v) is 7.03. The highest BCUT2D eigenvalue weighted by Crippen LogP contribution is 2.56. The van der Waals surface area contributed by atoms with Crippen LogP contribution in [0, 0.1) is 51.2 Å². The smallest absolute Gasteiger partial charge is 0.191 e. The number of hydrogen-bond donors (Lipinski definition) is 1. The molecule has 130 valence electrons. The zero-order valence-electron chi connectivity index (χ0n) is 14.9. The molecule has 3 atom stereocenters. The fraction of sp³-hybridized carbons (Fsp3) is 0.381. The maximum Gasteiger partial charge on any atom is 0.191 e. The van der Waals surface area contributed by atoms with Crippen molar-refractivity contribution in [1.29, 1.82) is 15.8 Å². The molecule has 0 heterocycles. The molecule has 0 unspecified atom stereocenters. The molecule has 3 rings (SSSR count). The third-order valence-electron chi connectivity index (χ3n) is 5.57. The van der Waals surface area contributed by atoms with E-state index >= 15 is 0 Å². The highest BCUT2D eigenvalue weighted by molar-refractivity contribution is 5.59. The lowest BCUT2D eigenvalue weighted by Crippen LogP contribution is -2.43. The predicted molar refractivity (Wildman–Crippen MR) is 96.2 cm³/mol. The van der Waals surface area contributed by atoms with Crippen LogP contribution in [0.2, 0.25) is 0 Å². The van der Waals surface area contributed by atoms with E-state index in [0.29, 0.717) is 17.2 Å². The molecule has 5 heteroatoms. The molecule has 0 bridgehead atoms. The molecule has 0 saturated heterocycles. The Kier molecular flexibility index (Phi) is 4.45. The maximum absolute atomic E-state index is 9.99. The number of nitriles is 3. The standard InChI is InChI=1S/C21H20N4O/c1-13-6-7-16-17(8-13)19(14-4-3-5-15(9-14)26-2)21(11-23,12-24)20(25)18(16)10-22/h3-5,7,9,13,17,19H,6,8,25H2,1-2H3/t13-,17+,19-/m1/s1. The van der Waals surface area contributed by atoms with Crippen LogP contribution in [-0.4, -0.2) is 7.11 Å². The molecule has 1 aromatic rings. The van der Waals surface area contributed by atoms with Crippen LogP contribution in [-0.2, 0) is 0 Å². The van der Waals surface area contributed by atoms with Crippen LogP contribution in [0.5, 0.6) is 5.75 Å². The summed E-state index contributed by atoms with van der Waals surface area (Å²) in [5.41, 5.74) is 6.76. The van der Waals surface area contributed by atoms with Gasteiger partial charge in [0.25, 0.3) is 0 Å². The van der Waals surface area contributed by atoms with Crippen molar-refractivity contribution in [3.8, 4) is 24.0 Å². The van der Waals surface area contributed by atoms with Crippen molar-refractivity contribution < 1.29 is 4.74 Å². The van der Waals surface area contributed by atoms with Crippen molar-refractivity contribution in [1.82, 2.24) is 0 Å². The van der Waals surface area contributed by atoms with Gasteiger partial charge in [-0.2, -0.15) is 15.8 Å². The molecule has 26 heavy (non-hydrogen) atoms. The number of hydrogen-bond acceptors (Lipinski definition) is 5. The van der Waals surface area contributed by atoms with Gasteiger partial charge in [0.1, 0.15) is 11.8 Å². The first-order valence-electron chi connectivity index (χ1n) is 8.59. The van der Waals surface area contributed by atoms with Crippen molar-refractivity contribution in [3.05, 3.63) is 52.7 Å². The minimum Gasteiger partial charge on any atom is -0.497 e. The summed E-state index contributed by atoms with van der Waals surface area (Å²) in [6, 6.07) is 13.9. The van der Waals surface area contributed by atoms with Crippen LogP contribution in [0.4, 0.5) is 0 Å². The molecule has 0 aliphatic heterocycles. The van der Waals surface area contributed by atoms with Crippen LogP contribution in [0.3, 0.4) is 0 Å². The molecule has 2 N–H and O–H groups in total. The molecular formula is C21H20N4O. The molecule has 2 aliphatic rings. The summed E-state index contributed by atoms with van der Waals surface area (Å²) < 4.78 is 5.33. The minimum atomic E-state index is -1.57. The van der Waals surface area contributed by atoms with E-state index in [1.54, 1.807) is 7.11 Å². The van der Waals surface area contributed by atoms with Crippen molar-refractivity contribution in [3.63, 3.8) is 0 Å². The number of nitrogens with zero attached hydrogens (tertiary/aromatic N) is 3. The van der Waals surface area contributed by atoms with Crippen molar-refractivity contribution in [2.45, 2.75) is 25.7 Å². The second kappa shape index (κ2) is 6.58. The molecule has 1 aromatic carbocycles. The fourth-order valence-electron chi connectivity index (χ4n) is 4.29. The SMILES string of the molecule is COc1cccc([C@@H]2[C@H]3C[C@H](C)CC=C3C(C#N)=C(N)C2(C#N)C#N)c1. The fourth-order valence-corrected chi connectivity index (χ4v) is 4.29. The molecule has 2 aliphatic carbocycles. The lowest BCUT2D eigenvalue weighted by molar-refractivity contribution is 0.283. The quantitative estimate of drug-likeness (QED) is 0.883. The molecule has 0 radical (unpaired) electrons. The molecule has 0 spiro atoms. The van der Waals surface area contributed by atoms with Crippen LogP contribution < -0.4 is 10.5 Å². The average molecular weight is 344 g/mol. The topological polar surface area (TPSA) is 107 Å². The van der Waals surface area contributed by atoms with Gasteiger partial charge in [0.2, 0.25) is 0 Å². The van der Waals surface area contributed by atoms with Gasteiger partial charge in [-0.25, -0.2) is 0 Å². The van der Waals surface area contributed by atoms with Gasteiger partial charge in [-0.05, 0) is 47.9 Å². The molecule has 0 saturated carbocycles. The van der Waals surface area contributed by atoms with E-state index in [2.05, 4.69) is 31.2 Å². The Labute approximate surface area is 153 Å². The van der Waals surface area contributed by atoms with E-state index in [4.69, 9.17) is 10.5 Å². The maximum atomic E-state index is 9.99. The Morgan fingerprint density at radius 1 is 1.23 bits per heavy atom. The van der Waals surface area contributed by atoms with E-state index in [9.17, 15) is 15.8 Å². The third-order valence-corrected chi connectivity index (χ3v) is 5.57. The van der Waals surface area contributed by atoms with E-state index in [1.807, 2.05) is 24.3 Å². The first-order chi connectivity index (χ1) is 12.5. The van der Waals surface area contributed by atoms with E-state index < -0.39 is 11.3 Å². The van der Waals surface area contributed by atoms with Crippen molar-refractivity contribution in [2.24, 2.45) is 23.0 Å². The highest BCUT2D eigenvalue weighted by Gasteiger charge is 2.54.